The first kappa shape index (κ1) is 10.3. The number of primary amides is 1. The van der Waals surface area contributed by atoms with E-state index < -0.39 is 5.91 Å². The van der Waals surface area contributed by atoms with Gasteiger partial charge in [0.2, 0.25) is 5.91 Å². The quantitative estimate of drug-likeness (QED) is 0.787. The van der Waals surface area contributed by atoms with Crippen LogP contribution in [0.1, 0.15) is 6.42 Å². The van der Waals surface area contributed by atoms with E-state index in [4.69, 9.17) is 10.8 Å². The number of anilines is 1. The van der Waals surface area contributed by atoms with E-state index in [1.807, 2.05) is 12.3 Å². The van der Waals surface area contributed by atoms with Crippen LogP contribution in [0.25, 0.3) is 0 Å². The summed E-state index contributed by atoms with van der Waals surface area (Å²) in [5, 5.41) is 9.17. The molecule has 0 saturated carbocycles. The molecule has 0 aromatic heterocycles. The van der Waals surface area contributed by atoms with Crippen molar-refractivity contribution in [1.29, 1.82) is 0 Å². The van der Waals surface area contributed by atoms with E-state index >= 15 is 0 Å². The zero-order valence-corrected chi connectivity index (χ0v) is 8.63. The van der Waals surface area contributed by atoms with Crippen LogP contribution in [0, 0.1) is 0 Å². The van der Waals surface area contributed by atoms with Gasteiger partial charge in [0, 0.05) is 23.7 Å². The lowest BCUT2D eigenvalue weighted by Crippen LogP contribution is -2.20. The summed E-state index contributed by atoms with van der Waals surface area (Å²) in [6.45, 7) is 0. The molecule has 0 saturated heterocycles. The molecular weight excluding hydrogens is 204 g/mol. The molecule has 1 aliphatic rings. The molecule has 0 unspecified atom stereocenters. The van der Waals surface area contributed by atoms with Gasteiger partial charge in [-0.15, -0.1) is 0 Å². The maximum atomic E-state index is 11.0. The fourth-order valence-electron chi connectivity index (χ4n) is 1.51. The molecule has 0 bridgehead atoms. The van der Waals surface area contributed by atoms with Gasteiger partial charge in [-0.2, -0.15) is 0 Å². The third-order valence-corrected chi connectivity index (χ3v) is 2.36. The molecule has 0 radical (unpaired) electrons. The Kier molecular flexibility index (Phi) is 2.64. The SMILES string of the molecule is NC(=O)C1=CN(c2ccc(O)cc2)C=CC1. The summed E-state index contributed by atoms with van der Waals surface area (Å²) in [7, 11) is 0. The molecule has 4 heteroatoms. The third kappa shape index (κ3) is 2.06. The summed E-state index contributed by atoms with van der Waals surface area (Å²) in [6.07, 6.45) is 5.99. The van der Waals surface area contributed by atoms with Gasteiger partial charge in [-0.05, 0) is 30.7 Å². The van der Waals surface area contributed by atoms with Crippen molar-refractivity contribution in [3.63, 3.8) is 0 Å². The molecule has 1 aliphatic heterocycles. The molecule has 4 nitrogen and oxygen atoms in total. The van der Waals surface area contributed by atoms with E-state index in [2.05, 4.69) is 0 Å². The maximum absolute atomic E-state index is 11.0. The minimum Gasteiger partial charge on any atom is -0.508 e. The maximum Gasteiger partial charge on any atom is 0.246 e. The highest BCUT2D eigenvalue weighted by atomic mass is 16.3. The third-order valence-electron chi connectivity index (χ3n) is 2.36. The molecule has 82 valence electrons. The number of phenols is 1. The molecule has 0 fully saturated rings. The number of aromatic hydroxyl groups is 1. The molecule has 1 heterocycles. The van der Waals surface area contributed by atoms with E-state index in [1.54, 1.807) is 35.4 Å². The molecule has 1 aromatic carbocycles. The molecule has 16 heavy (non-hydrogen) atoms. The molecule has 1 aromatic rings. The number of rotatable bonds is 2. The molecule has 0 aliphatic carbocycles. The van der Waals surface area contributed by atoms with Gasteiger partial charge in [-0.25, -0.2) is 0 Å². The Balaban J connectivity index is 2.27. The highest BCUT2D eigenvalue weighted by Crippen LogP contribution is 2.22. The minimum absolute atomic E-state index is 0.212. The number of allylic oxidation sites excluding steroid dienone is 1. The summed E-state index contributed by atoms with van der Waals surface area (Å²) < 4.78 is 0. The van der Waals surface area contributed by atoms with Gasteiger partial charge in [0.15, 0.2) is 0 Å². The Labute approximate surface area is 93.3 Å². The number of hydrogen-bond donors (Lipinski definition) is 2. The summed E-state index contributed by atoms with van der Waals surface area (Å²) in [5.74, 6) is -0.197. The average Bonchev–Trinajstić information content (AvgIpc) is 2.30. The standard InChI is InChI=1S/C12H12N2O2/c13-12(16)9-2-1-7-14(8-9)10-3-5-11(15)6-4-10/h1,3-8,15H,2H2,(H2,13,16). The number of amides is 1. The number of phenolic OH excluding ortho intramolecular Hbond substituents is 1. The Morgan fingerprint density at radius 1 is 1.31 bits per heavy atom. The first-order chi connectivity index (χ1) is 7.66. The second-order valence-electron chi connectivity index (χ2n) is 3.53. The normalized spacial score (nSPS) is 14.8. The van der Waals surface area contributed by atoms with Gasteiger partial charge in [0.1, 0.15) is 5.75 Å². The number of carbonyl (C=O) groups excluding carboxylic acids is 1. The highest BCUT2D eigenvalue weighted by Gasteiger charge is 2.10. The number of hydrogen-bond acceptors (Lipinski definition) is 3. The van der Waals surface area contributed by atoms with Crippen molar-refractivity contribution < 1.29 is 9.90 Å². The van der Waals surface area contributed by atoms with E-state index in [0.717, 1.165) is 5.69 Å². The number of nitrogens with zero attached hydrogens (tertiary/aromatic N) is 1. The van der Waals surface area contributed by atoms with Crippen molar-refractivity contribution in [2.45, 2.75) is 6.42 Å². The molecule has 2 rings (SSSR count). The Morgan fingerprint density at radius 3 is 2.62 bits per heavy atom. The van der Waals surface area contributed by atoms with E-state index in [1.165, 1.54) is 0 Å². The minimum atomic E-state index is -0.409. The van der Waals surface area contributed by atoms with Gasteiger partial charge in [-0.1, -0.05) is 6.08 Å². The number of benzene rings is 1. The topological polar surface area (TPSA) is 66.6 Å². The van der Waals surface area contributed by atoms with Crippen LogP contribution in [0.3, 0.4) is 0 Å². The van der Waals surface area contributed by atoms with Crippen LogP contribution in [0.5, 0.6) is 5.75 Å². The van der Waals surface area contributed by atoms with Crippen molar-refractivity contribution >= 4 is 11.6 Å². The predicted molar refractivity (Wildman–Crippen MR) is 61.6 cm³/mol. The van der Waals surface area contributed by atoms with Crippen molar-refractivity contribution in [2.24, 2.45) is 5.73 Å². The van der Waals surface area contributed by atoms with Crippen LogP contribution in [-0.2, 0) is 4.79 Å². The Hall–Kier alpha value is -2.23. The van der Waals surface area contributed by atoms with Gasteiger partial charge in [0.05, 0.1) is 0 Å². The largest absolute Gasteiger partial charge is 0.508 e. The summed E-state index contributed by atoms with van der Waals surface area (Å²) >= 11 is 0. The highest BCUT2D eigenvalue weighted by molar-refractivity contribution is 5.93. The zero-order valence-electron chi connectivity index (χ0n) is 8.63. The first-order valence-electron chi connectivity index (χ1n) is 4.91. The molecule has 0 atom stereocenters. The number of nitrogens with two attached hydrogens (primary N) is 1. The van der Waals surface area contributed by atoms with E-state index in [0.29, 0.717) is 12.0 Å². The monoisotopic (exact) mass is 216 g/mol. The molecule has 1 amide bonds. The second kappa shape index (κ2) is 4.10. The van der Waals surface area contributed by atoms with Crippen LogP contribution in [0.2, 0.25) is 0 Å². The number of carbonyl (C=O) groups is 1. The van der Waals surface area contributed by atoms with Crippen molar-refractivity contribution in [1.82, 2.24) is 0 Å². The van der Waals surface area contributed by atoms with Crippen molar-refractivity contribution in [3.05, 3.63) is 48.3 Å². The fraction of sp³-hybridized carbons (Fsp3) is 0.0833. The van der Waals surface area contributed by atoms with Gasteiger partial charge >= 0.3 is 0 Å². The second-order valence-corrected chi connectivity index (χ2v) is 3.53. The van der Waals surface area contributed by atoms with Crippen LogP contribution >= 0.6 is 0 Å². The predicted octanol–water partition coefficient (Wildman–Crippen LogP) is 1.49. The summed E-state index contributed by atoms with van der Waals surface area (Å²) in [5.41, 5.74) is 6.66. The van der Waals surface area contributed by atoms with Crippen molar-refractivity contribution in [3.8, 4) is 5.75 Å². The molecular formula is C12H12N2O2. The Bertz CT molecular complexity index is 460. The van der Waals surface area contributed by atoms with Gasteiger partial charge in [-0.3, -0.25) is 4.79 Å². The average molecular weight is 216 g/mol. The van der Waals surface area contributed by atoms with E-state index in [-0.39, 0.29) is 5.75 Å². The lowest BCUT2D eigenvalue weighted by Gasteiger charge is -2.20. The van der Waals surface area contributed by atoms with Crippen LogP contribution in [0.15, 0.2) is 48.3 Å². The van der Waals surface area contributed by atoms with Crippen LogP contribution in [-0.4, -0.2) is 11.0 Å². The van der Waals surface area contributed by atoms with Crippen molar-refractivity contribution in [2.75, 3.05) is 4.90 Å². The fourth-order valence-corrected chi connectivity index (χ4v) is 1.51. The smallest absolute Gasteiger partial charge is 0.246 e. The molecule has 3 N–H and O–H groups in total. The van der Waals surface area contributed by atoms with Gasteiger partial charge < -0.3 is 15.7 Å². The Morgan fingerprint density at radius 2 is 2.00 bits per heavy atom. The lowest BCUT2D eigenvalue weighted by atomic mass is 10.1. The van der Waals surface area contributed by atoms with Crippen LogP contribution < -0.4 is 10.6 Å². The lowest BCUT2D eigenvalue weighted by molar-refractivity contribution is -0.114. The van der Waals surface area contributed by atoms with Crippen LogP contribution in [0.4, 0.5) is 5.69 Å². The van der Waals surface area contributed by atoms with Gasteiger partial charge in [0.25, 0.3) is 0 Å². The summed E-state index contributed by atoms with van der Waals surface area (Å²) in [4.78, 5) is 12.8. The zero-order chi connectivity index (χ0) is 11.5. The first-order valence-corrected chi connectivity index (χ1v) is 4.91. The summed E-state index contributed by atoms with van der Waals surface area (Å²) in [6, 6.07) is 6.71. The van der Waals surface area contributed by atoms with E-state index in [9.17, 15) is 4.79 Å². The molecule has 0 spiro atoms.